The average Bonchev–Trinajstić information content (AvgIpc) is 2.27. The maximum Gasteiger partial charge on any atom is 0.397 e. The summed E-state index contributed by atoms with van der Waals surface area (Å²) >= 11 is 5.02. The molecule has 0 aliphatic carbocycles. The van der Waals surface area contributed by atoms with E-state index in [0.717, 1.165) is 0 Å². The van der Waals surface area contributed by atoms with Crippen molar-refractivity contribution >= 4 is 29.1 Å². The van der Waals surface area contributed by atoms with Crippen molar-refractivity contribution in [2.24, 2.45) is 0 Å². The predicted octanol–water partition coefficient (Wildman–Crippen LogP) is 1.82. The number of hydrogen-bond donors (Lipinski definition) is 1. The minimum absolute atomic E-state index is 0.200. The first kappa shape index (κ1) is 14.3. The van der Waals surface area contributed by atoms with Crippen LogP contribution in [0.3, 0.4) is 0 Å². The molecule has 1 amide bonds. The van der Waals surface area contributed by atoms with Crippen molar-refractivity contribution in [3.8, 4) is 0 Å². The summed E-state index contributed by atoms with van der Waals surface area (Å²) in [4.78, 5) is 23.2. The SMILES string of the molecule is CC(C)(C)OC(=O)C(=O)NC(=S)c1ccccc1. The Bertz CT molecular complexity index is 463. The van der Waals surface area contributed by atoms with Gasteiger partial charge in [0.25, 0.3) is 0 Å². The number of nitrogens with one attached hydrogen (secondary N) is 1. The first-order valence-corrected chi connectivity index (χ1v) is 5.84. The van der Waals surface area contributed by atoms with E-state index in [-0.39, 0.29) is 4.99 Å². The van der Waals surface area contributed by atoms with Gasteiger partial charge in [-0.05, 0) is 20.8 Å². The fourth-order valence-electron chi connectivity index (χ4n) is 1.14. The van der Waals surface area contributed by atoms with Crippen LogP contribution >= 0.6 is 12.2 Å². The molecule has 1 aromatic carbocycles. The molecule has 0 radical (unpaired) electrons. The summed E-state index contributed by atoms with van der Waals surface area (Å²) in [6, 6.07) is 8.92. The van der Waals surface area contributed by atoms with Crippen LogP contribution in [0, 0.1) is 0 Å². The fourth-order valence-corrected chi connectivity index (χ4v) is 1.37. The van der Waals surface area contributed by atoms with Gasteiger partial charge in [-0.15, -0.1) is 0 Å². The number of amides is 1. The summed E-state index contributed by atoms with van der Waals surface area (Å²) in [7, 11) is 0. The van der Waals surface area contributed by atoms with Gasteiger partial charge in [0.2, 0.25) is 0 Å². The summed E-state index contributed by atoms with van der Waals surface area (Å²) < 4.78 is 4.93. The number of carbonyl (C=O) groups excluding carboxylic acids is 2. The first-order valence-electron chi connectivity index (χ1n) is 5.43. The predicted molar refractivity (Wildman–Crippen MR) is 72.1 cm³/mol. The molecule has 1 aromatic rings. The molecule has 18 heavy (non-hydrogen) atoms. The number of benzene rings is 1. The van der Waals surface area contributed by atoms with Crippen LogP contribution in [0.5, 0.6) is 0 Å². The molecule has 1 N–H and O–H groups in total. The summed E-state index contributed by atoms with van der Waals surface area (Å²) in [5.41, 5.74) is -0.0348. The Morgan fingerprint density at radius 1 is 1.17 bits per heavy atom. The highest BCUT2D eigenvalue weighted by molar-refractivity contribution is 7.80. The molecule has 0 aliphatic heterocycles. The number of ether oxygens (including phenoxy) is 1. The Morgan fingerprint density at radius 2 is 1.72 bits per heavy atom. The lowest BCUT2D eigenvalue weighted by Gasteiger charge is -2.18. The third kappa shape index (κ3) is 4.63. The van der Waals surface area contributed by atoms with Gasteiger partial charge >= 0.3 is 11.9 Å². The Labute approximate surface area is 111 Å². The van der Waals surface area contributed by atoms with Crippen molar-refractivity contribution in [1.82, 2.24) is 5.32 Å². The number of hydrogen-bond acceptors (Lipinski definition) is 4. The summed E-state index contributed by atoms with van der Waals surface area (Å²) in [6.07, 6.45) is 0. The van der Waals surface area contributed by atoms with Gasteiger partial charge in [-0.1, -0.05) is 42.5 Å². The van der Waals surface area contributed by atoms with Gasteiger partial charge in [-0.25, -0.2) is 4.79 Å². The standard InChI is InChI=1S/C13H15NO3S/c1-13(2,3)17-12(16)10(15)14-11(18)9-7-5-4-6-8-9/h4-8H,1-3H3,(H,14,15,18). The molecule has 0 fully saturated rings. The molecule has 0 heterocycles. The molecule has 4 nitrogen and oxygen atoms in total. The van der Waals surface area contributed by atoms with Crippen LogP contribution in [0.15, 0.2) is 30.3 Å². The molecule has 0 spiro atoms. The smallest absolute Gasteiger partial charge is 0.397 e. The molecule has 0 saturated carbocycles. The molecular formula is C13H15NO3S. The van der Waals surface area contributed by atoms with E-state index in [1.54, 1.807) is 45.0 Å². The van der Waals surface area contributed by atoms with Crippen LogP contribution < -0.4 is 5.32 Å². The molecule has 0 atom stereocenters. The Morgan fingerprint density at radius 3 is 2.22 bits per heavy atom. The van der Waals surface area contributed by atoms with Crippen LogP contribution in [0.25, 0.3) is 0 Å². The maximum atomic E-state index is 11.5. The van der Waals surface area contributed by atoms with E-state index in [1.165, 1.54) is 0 Å². The van der Waals surface area contributed by atoms with Crippen LogP contribution in [-0.2, 0) is 14.3 Å². The third-order valence-electron chi connectivity index (χ3n) is 1.85. The zero-order chi connectivity index (χ0) is 13.8. The van der Waals surface area contributed by atoms with Crippen molar-refractivity contribution in [1.29, 1.82) is 0 Å². The van der Waals surface area contributed by atoms with Crippen LogP contribution in [0.1, 0.15) is 26.3 Å². The highest BCUT2D eigenvalue weighted by Gasteiger charge is 2.23. The molecule has 5 heteroatoms. The van der Waals surface area contributed by atoms with Crippen molar-refractivity contribution in [2.45, 2.75) is 26.4 Å². The monoisotopic (exact) mass is 265 g/mol. The van der Waals surface area contributed by atoms with Crippen molar-refractivity contribution in [3.63, 3.8) is 0 Å². The number of carbonyl (C=O) groups is 2. The third-order valence-corrected chi connectivity index (χ3v) is 2.19. The topological polar surface area (TPSA) is 55.4 Å². The quantitative estimate of drug-likeness (QED) is 0.478. The molecule has 0 aromatic heterocycles. The number of esters is 1. The minimum atomic E-state index is -0.944. The lowest BCUT2D eigenvalue weighted by molar-refractivity contribution is -0.162. The molecule has 96 valence electrons. The first-order chi connectivity index (χ1) is 8.29. The summed E-state index contributed by atoms with van der Waals surface area (Å²) in [5.74, 6) is -1.81. The van der Waals surface area contributed by atoms with Crippen LogP contribution in [-0.4, -0.2) is 22.5 Å². The molecule has 0 aliphatic rings. The second kappa shape index (κ2) is 5.73. The van der Waals surface area contributed by atoms with E-state index in [9.17, 15) is 9.59 Å². The number of rotatable bonds is 1. The molecule has 0 bridgehead atoms. The molecular weight excluding hydrogens is 250 g/mol. The van der Waals surface area contributed by atoms with E-state index in [0.29, 0.717) is 5.56 Å². The number of thiocarbonyl (C=S) groups is 1. The van der Waals surface area contributed by atoms with E-state index in [1.807, 2.05) is 6.07 Å². The van der Waals surface area contributed by atoms with Gasteiger partial charge in [-0.2, -0.15) is 0 Å². The Kier molecular flexibility index (Phi) is 4.55. The van der Waals surface area contributed by atoms with Crippen molar-refractivity contribution in [2.75, 3.05) is 0 Å². The van der Waals surface area contributed by atoms with E-state index in [4.69, 9.17) is 17.0 Å². The minimum Gasteiger partial charge on any atom is -0.453 e. The van der Waals surface area contributed by atoms with Crippen LogP contribution in [0.2, 0.25) is 0 Å². The average molecular weight is 265 g/mol. The second-order valence-electron chi connectivity index (χ2n) is 4.65. The van der Waals surface area contributed by atoms with E-state index >= 15 is 0 Å². The van der Waals surface area contributed by atoms with Gasteiger partial charge in [0, 0.05) is 5.56 Å². The second-order valence-corrected chi connectivity index (χ2v) is 5.06. The van der Waals surface area contributed by atoms with Gasteiger partial charge < -0.3 is 10.1 Å². The van der Waals surface area contributed by atoms with Crippen molar-refractivity contribution in [3.05, 3.63) is 35.9 Å². The van der Waals surface area contributed by atoms with Gasteiger partial charge in [0.1, 0.15) is 10.6 Å². The highest BCUT2D eigenvalue weighted by Crippen LogP contribution is 2.07. The zero-order valence-corrected chi connectivity index (χ0v) is 11.3. The molecule has 0 unspecified atom stereocenters. The van der Waals surface area contributed by atoms with Gasteiger partial charge in [0.15, 0.2) is 0 Å². The lowest BCUT2D eigenvalue weighted by atomic mass is 10.2. The van der Waals surface area contributed by atoms with E-state index < -0.39 is 17.5 Å². The fraction of sp³-hybridized carbons (Fsp3) is 0.308. The maximum absolute atomic E-state index is 11.5. The largest absolute Gasteiger partial charge is 0.453 e. The lowest BCUT2D eigenvalue weighted by Crippen LogP contribution is -2.39. The van der Waals surface area contributed by atoms with Gasteiger partial charge in [0.05, 0.1) is 0 Å². The molecule has 0 saturated heterocycles. The Hall–Kier alpha value is -1.75. The van der Waals surface area contributed by atoms with Crippen molar-refractivity contribution < 1.29 is 14.3 Å². The summed E-state index contributed by atoms with van der Waals surface area (Å²) in [6.45, 7) is 5.06. The molecule has 1 rings (SSSR count). The normalized spacial score (nSPS) is 10.6. The Balaban J connectivity index is 2.61. The van der Waals surface area contributed by atoms with E-state index in [2.05, 4.69) is 5.32 Å². The highest BCUT2D eigenvalue weighted by atomic mass is 32.1. The zero-order valence-electron chi connectivity index (χ0n) is 10.5. The van der Waals surface area contributed by atoms with Crippen LogP contribution in [0.4, 0.5) is 0 Å². The summed E-state index contributed by atoms with van der Waals surface area (Å²) in [5, 5.41) is 2.34. The van der Waals surface area contributed by atoms with Gasteiger partial charge in [-0.3, -0.25) is 4.79 Å².